The van der Waals surface area contributed by atoms with Gasteiger partial charge in [-0.05, 0) is 75.2 Å². The molecule has 1 N–H and O–H groups in total. The maximum Gasteiger partial charge on any atom is 0.0238 e. The molecule has 5 fully saturated rings. The largest absolute Gasteiger partial charge is 0.311 e. The second-order valence-corrected chi connectivity index (χ2v) is 6.73. The summed E-state index contributed by atoms with van der Waals surface area (Å²) in [7, 11) is 0. The molecule has 5 rings (SSSR count). The van der Waals surface area contributed by atoms with Crippen molar-refractivity contribution >= 4 is 12.4 Å². The van der Waals surface area contributed by atoms with Crippen molar-refractivity contribution in [3.8, 4) is 0 Å². The van der Waals surface area contributed by atoms with Gasteiger partial charge in [0.2, 0.25) is 0 Å². The minimum atomic E-state index is 0. The van der Waals surface area contributed by atoms with Crippen LogP contribution in [0.1, 0.15) is 51.4 Å². The molecule has 2 heteroatoms. The van der Waals surface area contributed by atoms with Gasteiger partial charge in [0.05, 0.1) is 0 Å². The predicted octanol–water partition coefficient (Wildman–Crippen LogP) is 3.38. The normalized spacial score (nSPS) is 54.0. The van der Waals surface area contributed by atoms with Gasteiger partial charge in [-0.15, -0.1) is 12.4 Å². The summed E-state index contributed by atoms with van der Waals surface area (Å²) in [6.07, 6.45) is 12.3. The van der Waals surface area contributed by atoms with Crippen LogP contribution in [0.3, 0.4) is 0 Å². The molecule has 4 aliphatic carbocycles. The molecule has 0 aromatic heterocycles. The molecule has 1 aliphatic heterocycles. The summed E-state index contributed by atoms with van der Waals surface area (Å²) in [6.45, 7) is 1.31. The first kappa shape index (κ1) is 11.3. The average Bonchev–Trinajstić information content (AvgIpc) is 2.26. The highest BCUT2D eigenvalue weighted by Crippen LogP contribution is 2.60. The zero-order valence-electron chi connectivity index (χ0n) is 10.1. The molecule has 1 nitrogen and oxygen atoms in total. The Hall–Kier alpha value is 0.250. The lowest BCUT2D eigenvalue weighted by atomic mass is 9.47. The van der Waals surface area contributed by atoms with Crippen LogP contribution in [0.15, 0.2) is 0 Å². The Balaban J connectivity index is 0.000000810. The fourth-order valence-electron chi connectivity index (χ4n) is 5.67. The summed E-state index contributed by atoms with van der Waals surface area (Å²) in [5.41, 5.74) is 0.631. The number of rotatable bonds is 0. The van der Waals surface area contributed by atoms with Crippen LogP contribution in [0, 0.1) is 23.7 Å². The Morgan fingerprint density at radius 3 is 1.94 bits per heavy atom. The monoisotopic (exact) mass is 241 g/mol. The lowest BCUT2D eigenvalue weighted by Crippen LogP contribution is -2.66. The van der Waals surface area contributed by atoms with E-state index in [1.807, 2.05) is 0 Å². The molecular weight excluding hydrogens is 218 g/mol. The van der Waals surface area contributed by atoms with Crippen LogP contribution in [0.4, 0.5) is 0 Å². The van der Waals surface area contributed by atoms with Gasteiger partial charge in [-0.2, -0.15) is 0 Å². The summed E-state index contributed by atoms with van der Waals surface area (Å²) in [5, 5.41) is 3.98. The van der Waals surface area contributed by atoms with Gasteiger partial charge in [0.15, 0.2) is 0 Å². The topological polar surface area (TPSA) is 12.0 Å². The van der Waals surface area contributed by atoms with Gasteiger partial charge in [-0.3, -0.25) is 0 Å². The van der Waals surface area contributed by atoms with E-state index < -0.39 is 0 Å². The van der Waals surface area contributed by atoms with Crippen LogP contribution in [-0.4, -0.2) is 12.1 Å². The van der Waals surface area contributed by atoms with Crippen LogP contribution in [0.25, 0.3) is 0 Å². The van der Waals surface area contributed by atoms with E-state index >= 15 is 0 Å². The lowest BCUT2D eigenvalue weighted by molar-refractivity contribution is -0.0846. The smallest absolute Gasteiger partial charge is 0.0238 e. The molecular formula is C14H24ClN. The second kappa shape index (κ2) is 3.88. The maximum absolute atomic E-state index is 3.98. The Labute approximate surface area is 105 Å². The molecule has 1 heterocycles. The molecule has 0 amide bonds. The minimum Gasteiger partial charge on any atom is -0.311 e. The Bertz CT molecular complexity index is 240. The Kier molecular flexibility index (Phi) is 2.75. The third-order valence-electron chi connectivity index (χ3n) is 6.07. The van der Waals surface area contributed by atoms with Gasteiger partial charge in [0.25, 0.3) is 0 Å². The van der Waals surface area contributed by atoms with Crippen molar-refractivity contribution in [3.63, 3.8) is 0 Å². The molecule has 5 aliphatic rings. The van der Waals surface area contributed by atoms with Crippen LogP contribution in [0.5, 0.6) is 0 Å². The molecule has 1 spiro atoms. The number of hydrogen-bond donors (Lipinski definition) is 1. The minimum absolute atomic E-state index is 0. The first-order valence-electron chi connectivity index (χ1n) is 7.12. The van der Waals surface area contributed by atoms with Crippen molar-refractivity contribution in [2.45, 2.75) is 56.9 Å². The summed E-state index contributed by atoms with van der Waals surface area (Å²) in [4.78, 5) is 0. The van der Waals surface area contributed by atoms with E-state index in [2.05, 4.69) is 5.32 Å². The Morgan fingerprint density at radius 1 is 0.812 bits per heavy atom. The van der Waals surface area contributed by atoms with Crippen LogP contribution in [-0.2, 0) is 0 Å². The van der Waals surface area contributed by atoms with Gasteiger partial charge in [0, 0.05) is 5.54 Å². The molecule has 4 saturated carbocycles. The molecule has 0 atom stereocenters. The summed E-state index contributed by atoms with van der Waals surface area (Å²) in [6, 6.07) is 0. The number of nitrogens with one attached hydrogen (secondary N) is 1. The first-order valence-corrected chi connectivity index (χ1v) is 7.12. The van der Waals surface area contributed by atoms with E-state index in [9.17, 15) is 0 Å². The molecule has 1 saturated heterocycles. The average molecular weight is 242 g/mol. The van der Waals surface area contributed by atoms with E-state index in [1.54, 1.807) is 32.1 Å². The van der Waals surface area contributed by atoms with E-state index in [0.717, 1.165) is 23.7 Å². The van der Waals surface area contributed by atoms with Gasteiger partial charge in [-0.25, -0.2) is 0 Å². The van der Waals surface area contributed by atoms with Gasteiger partial charge < -0.3 is 5.32 Å². The van der Waals surface area contributed by atoms with Crippen molar-refractivity contribution in [1.82, 2.24) is 5.32 Å². The molecule has 0 radical (unpaired) electrons. The summed E-state index contributed by atoms with van der Waals surface area (Å²) >= 11 is 0. The molecule has 0 unspecified atom stereocenters. The Morgan fingerprint density at radius 2 is 1.44 bits per heavy atom. The van der Waals surface area contributed by atoms with Crippen molar-refractivity contribution in [3.05, 3.63) is 0 Å². The maximum atomic E-state index is 3.98. The number of hydrogen-bond acceptors (Lipinski definition) is 1. The highest BCUT2D eigenvalue weighted by molar-refractivity contribution is 5.85. The van der Waals surface area contributed by atoms with E-state index in [4.69, 9.17) is 0 Å². The van der Waals surface area contributed by atoms with E-state index in [0.29, 0.717) is 5.54 Å². The quantitative estimate of drug-likeness (QED) is 0.686. The van der Waals surface area contributed by atoms with Crippen molar-refractivity contribution in [1.29, 1.82) is 0 Å². The van der Waals surface area contributed by atoms with E-state index in [1.165, 1.54) is 25.8 Å². The lowest BCUT2D eigenvalue weighted by Gasteiger charge is -2.63. The third-order valence-corrected chi connectivity index (χ3v) is 6.07. The van der Waals surface area contributed by atoms with Crippen molar-refractivity contribution in [2.24, 2.45) is 23.7 Å². The fraction of sp³-hybridized carbons (Fsp3) is 1.00. The van der Waals surface area contributed by atoms with Gasteiger partial charge >= 0.3 is 0 Å². The molecule has 4 bridgehead atoms. The zero-order chi connectivity index (χ0) is 9.88. The molecule has 0 aromatic carbocycles. The number of halogens is 1. The summed E-state index contributed by atoms with van der Waals surface area (Å²) in [5.74, 6) is 4.38. The molecule has 92 valence electrons. The zero-order valence-corrected chi connectivity index (χ0v) is 10.9. The highest BCUT2D eigenvalue weighted by Gasteiger charge is 2.56. The van der Waals surface area contributed by atoms with Gasteiger partial charge in [0.1, 0.15) is 0 Å². The number of piperidine rings is 1. The van der Waals surface area contributed by atoms with E-state index in [-0.39, 0.29) is 12.4 Å². The van der Waals surface area contributed by atoms with Crippen LogP contribution >= 0.6 is 12.4 Å². The van der Waals surface area contributed by atoms with Crippen molar-refractivity contribution < 1.29 is 0 Å². The molecule has 16 heavy (non-hydrogen) atoms. The van der Waals surface area contributed by atoms with Crippen LogP contribution in [0.2, 0.25) is 0 Å². The first-order chi connectivity index (χ1) is 7.37. The van der Waals surface area contributed by atoms with Crippen molar-refractivity contribution in [2.75, 3.05) is 6.54 Å². The van der Waals surface area contributed by atoms with Crippen LogP contribution < -0.4 is 5.32 Å². The SMILES string of the molecule is C1CCC2(NC1)C1CC3CC(C1)CC2C3.Cl. The molecule has 0 aromatic rings. The summed E-state index contributed by atoms with van der Waals surface area (Å²) < 4.78 is 0. The second-order valence-electron chi connectivity index (χ2n) is 6.73. The highest BCUT2D eigenvalue weighted by atomic mass is 35.5. The predicted molar refractivity (Wildman–Crippen MR) is 68.9 cm³/mol. The fourth-order valence-corrected chi connectivity index (χ4v) is 5.67. The van der Waals surface area contributed by atoms with Gasteiger partial charge in [-0.1, -0.05) is 6.42 Å². The standard InChI is InChI=1S/C14H23N.ClH/c1-2-4-15-14(3-1)12-6-10-5-11(8-12)9-13(14)7-10;/h10-13,15H,1-9H2;1H. The third kappa shape index (κ3) is 1.40.